The SMILES string of the molecule is COC(=O)c1ccc(OC(=O)Cc2ccc(Cl)cc2)c(OC)c1. The van der Waals surface area contributed by atoms with Crippen LogP contribution in [0.1, 0.15) is 15.9 Å². The molecule has 0 aliphatic carbocycles. The Morgan fingerprint density at radius 1 is 1.00 bits per heavy atom. The van der Waals surface area contributed by atoms with Gasteiger partial charge >= 0.3 is 11.9 Å². The van der Waals surface area contributed by atoms with Crippen LogP contribution in [0, 0.1) is 0 Å². The zero-order valence-corrected chi connectivity index (χ0v) is 13.4. The van der Waals surface area contributed by atoms with Crippen molar-refractivity contribution in [1.82, 2.24) is 0 Å². The van der Waals surface area contributed by atoms with Crippen LogP contribution in [0.15, 0.2) is 42.5 Å². The van der Waals surface area contributed by atoms with Crippen LogP contribution in [0.4, 0.5) is 0 Å². The molecule has 0 saturated heterocycles. The first-order chi connectivity index (χ1) is 11.0. The first kappa shape index (κ1) is 16.8. The fraction of sp³-hybridized carbons (Fsp3) is 0.176. The second-order valence-electron chi connectivity index (χ2n) is 4.63. The summed E-state index contributed by atoms with van der Waals surface area (Å²) in [5.74, 6) is -0.435. The third-order valence-electron chi connectivity index (χ3n) is 3.07. The van der Waals surface area contributed by atoms with Crippen molar-refractivity contribution in [2.75, 3.05) is 14.2 Å². The van der Waals surface area contributed by atoms with E-state index >= 15 is 0 Å². The Labute approximate surface area is 138 Å². The maximum atomic E-state index is 12.0. The summed E-state index contributed by atoms with van der Waals surface area (Å²) < 4.78 is 15.1. The lowest BCUT2D eigenvalue weighted by atomic mass is 10.1. The van der Waals surface area contributed by atoms with Gasteiger partial charge in [0, 0.05) is 5.02 Å². The largest absolute Gasteiger partial charge is 0.493 e. The molecule has 2 rings (SSSR count). The monoisotopic (exact) mass is 334 g/mol. The van der Waals surface area contributed by atoms with Crippen molar-refractivity contribution in [3.05, 3.63) is 58.6 Å². The lowest BCUT2D eigenvalue weighted by Crippen LogP contribution is -2.12. The Bertz CT molecular complexity index is 709. The van der Waals surface area contributed by atoms with Gasteiger partial charge in [0.05, 0.1) is 26.2 Å². The van der Waals surface area contributed by atoms with Gasteiger partial charge in [-0.25, -0.2) is 4.79 Å². The Morgan fingerprint density at radius 2 is 1.70 bits per heavy atom. The van der Waals surface area contributed by atoms with E-state index in [9.17, 15) is 9.59 Å². The normalized spacial score (nSPS) is 10.0. The molecule has 0 saturated carbocycles. The zero-order chi connectivity index (χ0) is 16.8. The molecule has 0 atom stereocenters. The predicted octanol–water partition coefficient (Wildman–Crippen LogP) is 3.28. The first-order valence-electron chi connectivity index (χ1n) is 6.75. The molecule has 2 aromatic rings. The van der Waals surface area contributed by atoms with Crippen LogP contribution in [0.5, 0.6) is 11.5 Å². The van der Waals surface area contributed by atoms with Gasteiger partial charge in [-0.05, 0) is 35.9 Å². The van der Waals surface area contributed by atoms with Crippen molar-refractivity contribution < 1.29 is 23.8 Å². The van der Waals surface area contributed by atoms with Crippen LogP contribution in [0.25, 0.3) is 0 Å². The van der Waals surface area contributed by atoms with E-state index in [2.05, 4.69) is 4.74 Å². The number of carbonyl (C=O) groups is 2. The van der Waals surface area contributed by atoms with Gasteiger partial charge in [0.1, 0.15) is 0 Å². The molecule has 0 heterocycles. The van der Waals surface area contributed by atoms with Gasteiger partial charge in [-0.3, -0.25) is 4.79 Å². The second-order valence-corrected chi connectivity index (χ2v) is 5.07. The van der Waals surface area contributed by atoms with Crippen molar-refractivity contribution in [2.24, 2.45) is 0 Å². The number of halogens is 1. The number of rotatable bonds is 5. The van der Waals surface area contributed by atoms with Crippen molar-refractivity contribution >= 4 is 23.5 Å². The summed E-state index contributed by atoms with van der Waals surface area (Å²) in [4.78, 5) is 23.5. The minimum atomic E-state index is -0.498. The van der Waals surface area contributed by atoms with Gasteiger partial charge in [-0.1, -0.05) is 23.7 Å². The van der Waals surface area contributed by atoms with E-state index in [0.717, 1.165) is 5.56 Å². The van der Waals surface area contributed by atoms with Crippen LogP contribution < -0.4 is 9.47 Å². The first-order valence-corrected chi connectivity index (χ1v) is 7.12. The summed E-state index contributed by atoms with van der Waals surface area (Å²) in [5.41, 5.74) is 1.09. The third kappa shape index (κ3) is 4.47. The molecule has 0 aromatic heterocycles. The van der Waals surface area contributed by atoms with Gasteiger partial charge < -0.3 is 14.2 Å². The smallest absolute Gasteiger partial charge is 0.337 e. The summed E-state index contributed by atoms with van der Waals surface area (Å²) in [6.07, 6.45) is 0.0963. The van der Waals surface area contributed by atoms with E-state index in [4.69, 9.17) is 21.1 Å². The fourth-order valence-electron chi connectivity index (χ4n) is 1.92. The summed E-state index contributed by atoms with van der Waals surface area (Å²) in [7, 11) is 2.71. The van der Waals surface area contributed by atoms with Crippen molar-refractivity contribution in [1.29, 1.82) is 0 Å². The van der Waals surface area contributed by atoms with Crippen LogP contribution in [-0.4, -0.2) is 26.2 Å². The average molecular weight is 335 g/mol. The molecular weight excluding hydrogens is 320 g/mol. The molecule has 0 aliphatic rings. The van der Waals surface area contributed by atoms with Crippen molar-refractivity contribution in [3.8, 4) is 11.5 Å². The van der Waals surface area contributed by atoms with E-state index in [1.807, 2.05) is 0 Å². The summed E-state index contributed by atoms with van der Waals surface area (Å²) >= 11 is 5.80. The highest BCUT2D eigenvalue weighted by Gasteiger charge is 2.14. The second kappa shape index (κ2) is 7.65. The maximum Gasteiger partial charge on any atom is 0.337 e. The number of methoxy groups -OCH3 is 2. The van der Waals surface area contributed by atoms with E-state index in [1.54, 1.807) is 24.3 Å². The Morgan fingerprint density at radius 3 is 2.30 bits per heavy atom. The molecular formula is C17H15ClO5. The molecule has 2 aromatic carbocycles. The van der Waals surface area contributed by atoms with Gasteiger partial charge in [0.15, 0.2) is 11.5 Å². The predicted molar refractivity (Wildman–Crippen MR) is 85.1 cm³/mol. The van der Waals surface area contributed by atoms with Crippen LogP contribution in [-0.2, 0) is 16.0 Å². The minimum absolute atomic E-state index is 0.0963. The highest BCUT2D eigenvalue weighted by atomic mass is 35.5. The molecule has 120 valence electrons. The summed E-state index contributed by atoms with van der Waals surface area (Å²) in [5, 5.41) is 0.599. The Hall–Kier alpha value is -2.53. The van der Waals surface area contributed by atoms with Crippen LogP contribution >= 0.6 is 11.6 Å². The number of hydrogen-bond donors (Lipinski definition) is 0. The molecule has 0 aliphatic heterocycles. The molecule has 23 heavy (non-hydrogen) atoms. The van der Waals surface area contributed by atoms with Crippen LogP contribution in [0.3, 0.4) is 0 Å². The van der Waals surface area contributed by atoms with Gasteiger partial charge in [-0.15, -0.1) is 0 Å². The maximum absolute atomic E-state index is 12.0. The average Bonchev–Trinajstić information content (AvgIpc) is 2.56. The lowest BCUT2D eigenvalue weighted by molar-refractivity contribution is -0.133. The zero-order valence-electron chi connectivity index (χ0n) is 12.7. The standard InChI is InChI=1S/C17H15ClO5/c1-21-15-10-12(17(20)22-2)5-8-14(15)23-16(19)9-11-3-6-13(18)7-4-11/h3-8,10H,9H2,1-2H3. The Balaban J connectivity index is 2.10. The van der Waals surface area contributed by atoms with Gasteiger partial charge in [0.2, 0.25) is 0 Å². The number of benzene rings is 2. The lowest BCUT2D eigenvalue weighted by Gasteiger charge is -2.10. The highest BCUT2D eigenvalue weighted by molar-refractivity contribution is 6.30. The molecule has 5 nitrogen and oxygen atoms in total. The summed E-state index contributed by atoms with van der Waals surface area (Å²) in [6, 6.07) is 11.4. The molecule has 6 heteroatoms. The number of ether oxygens (including phenoxy) is 3. The van der Waals surface area contributed by atoms with E-state index in [1.165, 1.54) is 32.4 Å². The molecule has 0 amide bonds. The van der Waals surface area contributed by atoms with Crippen molar-refractivity contribution in [3.63, 3.8) is 0 Å². The van der Waals surface area contributed by atoms with Crippen LogP contribution in [0.2, 0.25) is 5.02 Å². The molecule has 0 radical (unpaired) electrons. The topological polar surface area (TPSA) is 61.8 Å². The van der Waals surface area contributed by atoms with Gasteiger partial charge in [0.25, 0.3) is 0 Å². The number of hydrogen-bond acceptors (Lipinski definition) is 5. The number of esters is 2. The van der Waals surface area contributed by atoms with E-state index < -0.39 is 11.9 Å². The minimum Gasteiger partial charge on any atom is -0.493 e. The molecule has 0 bridgehead atoms. The van der Waals surface area contributed by atoms with E-state index in [0.29, 0.717) is 10.6 Å². The molecule has 0 spiro atoms. The van der Waals surface area contributed by atoms with Gasteiger partial charge in [-0.2, -0.15) is 0 Å². The highest BCUT2D eigenvalue weighted by Crippen LogP contribution is 2.28. The fourth-order valence-corrected chi connectivity index (χ4v) is 2.05. The van der Waals surface area contributed by atoms with E-state index in [-0.39, 0.29) is 17.9 Å². The molecule has 0 unspecified atom stereocenters. The summed E-state index contributed by atoms with van der Waals surface area (Å²) in [6.45, 7) is 0. The van der Waals surface area contributed by atoms with Crippen molar-refractivity contribution in [2.45, 2.75) is 6.42 Å². The Kier molecular flexibility index (Phi) is 5.60. The quantitative estimate of drug-likeness (QED) is 0.620. The molecule has 0 fully saturated rings. The molecule has 0 N–H and O–H groups in total. The third-order valence-corrected chi connectivity index (χ3v) is 3.32. The number of carbonyl (C=O) groups excluding carboxylic acids is 2.